The van der Waals surface area contributed by atoms with Crippen LogP contribution in [0.3, 0.4) is 0 Å². The van der Waals surface area contributed by atoms with Crippen LogP contribution in [0, 0.1) is 18.3 Å². The second-order valence-corrected chi connectivity index (χ2v) is 12.3. The standard InChI is InChI=1S/C30H41NO11/c1-16-9-20(33)19-10-17-11-25(42-39-15-22(35)27(37)26(36)21(34)14-32)29(2,41-23(17)12-24(19)40-16)8-5-18-13-31-28(38)30(18)6-3-4-7-30/h9-10,12,18,21-22,25-27,32,34-37H,3-8,11,13-15H2,1-2H3,(H,31,38)/t18-,21+,22-,25+,26+,27+,29+/m0/s1. The van der Waals surface area contributed by atoms with Crippen LogP contribution in [0.4, 0.5) is 0 Å². The molecule has 1 amide bonds. The molecule has 6 N–H and O–H groups in total. The Hall–Kier alpha value is -2.58. The topological polar surface area (TPSA) is 188 Å². The SMILES string of the molecule is Cc1cc(=O)c2cc3c(cc2o1)O[C@](C)(CC[C@H]1CNC(=O)C12CCCC2)[C@H](OOC[C@H](O)[C@@H](O)[C@H](O)[C@H](O)CO)C3. The molecule has 1 saturated heterocycles. The molecule has 0 bridgehead atoms. The minimum absolute atomic E-state index is 0.124. The van der Waals surface area contributed by atoms with Crippen LogP contribution in [0.1, 0.15) is 56.8 Å². The van der Waals surface area contributed by atoms with Crippen LogP contribution in [0.5, 0.6) is 5.75 Å². The number of aryl methyl sites for hydroxylation is 1. The fourth-order valence-corrected chi connectivity index (χ4v) is 6.79. The van der Waals surface area contributed by atoms with Crippen molar-refractivity contribution in [1.82, 2.24) is 5.32 Å². The van der Waals surface area contributed by atoms with Gasteiger partial charge in [0.1, 0.15) is 59.8 Å². The molecule has 0 unspecified atom stereocenters. The molecule has 232 valence electrons. The van der Waals surface area contributed by atoms with Crippen molar-refractivity contribution in [1.29, 1.82) is 0 Å². The summed E-state index contributed by atoms with van der Waals surface area (Å²) in [6.07, 6.45) is -2.26. The lowest BCUT2D eigenvalue weighted by Crippen LogP contribution is -2.51. The lowest BCUT2D eigenvalue weighted by molar-refractivity contribution is -0.360. The molecule has 1 aromatic heterocycles. The molecule has 3 aliphatic rings. The van der Waals surface area contributed by atoms with Crippen LogP contribution in [0.2, 0.25) is 0 Å². The Morgan fingerprint density at radius 3 is 2.50 bits per heavy atom. The highest BCUT2D eigenvalue weighted by Crippen LogP contribution is 2.50. The van der Waals surface area contributed by atoms with Crippen LogP contribution in [0.15, 0.2) is 27.4 Å². The van der Waals surface area contributed by atoms with Gasteiger partial charge in [0.15, 0.2) is 5.43 Å². The number of rotatable bonds is 11. The molecular formula is C30H41NO11. The third-order valence-electron chi connectivity index (χ3n) is 9.44. The van der Waals surface area contributed by atoms with Crippen molar-refractivity contribution >= 4 is 16.9 Å². The second kappa shape index (κ2) is 12.2. The molecule has 1 aliphatic carbocycles. The molecule has 2 aliphatic heterocycles. The molecule has 1 spiro atoms. The van der Waals surface area contributed by atoms with Gasteiger partial charge in [-0.15, -0.1) is 0 Å². The van der Waals surface area contributed by atoms with Crippen LogP contribution in [-0.2, 0) is 21.0 Å². The number of carbonyl (C=O) groups excluding carboxylic acids is 1. The summed E-state index contributed by atoms with van der Waals surface area (Å²) < 4.78 is 12.4. The lowest BCUT2D eigenvalue weighted by Gasteiger charge is -2.42. The summed E-state index contributed by atoms with van der Waals surface area (Å²) in [5.74, 6) is 1.30. The zero-order valence-corrected chi connectivity index (χ0v) is 24.0. The summed E-state index contributed by atoms with van der Waals surface area (Å²) in [4.78, 5) is 36.6. The molecule has 2 fully saturated rings. The zero-order chi connectivity index (χ0) is 30.2. The minimum atomic E-state index is -1.80. The van der Waals surface area contributed by atoms with Crippen molar-refractivity contribution in [3.63, 3.8) is 0 Å². The highest BCUT2D eigenvalue weighted by Gasteiger charge is 2.52. The first-order valence-corrected chi connectivity index (χ1v) is 14.6. The van der Waals surface area contributed by atoms with E-state index in [9.17, 15) is 30.0 Å². The number of aliphatic hydroxyl groups excluding tert-OH is 5. The zero-order valence-electron chi connectivity index (χ0n) is 24.0. The van der Waals surface area contributed by atoms with Gasteiger partial charge in [0.05, 0.1) is 17.4 Å². The fourth-order valence-electron chi connectivity index (χ4n) is 6.79. The number of hydrogen-bond acceptors (Lipinski definition) is 11. The van der Waals surface area contributed by atoms with Crippen molar-refractivity contribution < 1.29 is 49.3 Å². The number of aliphatic hydroxyl groups is 5. The van der Waals surface area contributed by atoms with Gasteiger partial charge < -0.3 is 40.0 Å². The van der Waals surface area contributed by atoms with Gasteiger partial charge >= 0.3 is 0 Å². The van der Waals surface area contributed by atoms with Gasteiger partial charge in [0, 0.05) is 25.1 Å². The molecule has 5 rings (SSSR count). The van der Waals surface area contributed by atoms with Crippen molar-refractivity contribution in [3.05, 3.63) is 39.7 Å². The normalized spacial score (nSPS) is 27.8. The van der Waals surface area contributed by atoms with Crippen LogP contribution in [0.25, 0.3) is 11.0 Å². The summed E-state index contributed by atoms with van der Waals surface area (Å²) in [5.41, 5.74) is -0.358. The van der Waals surface area contributed by atoms with Gasteiger partial charge in [-0.1, -0.05) is 12.8 Å². The Morgan fingerprint density at radius 1 is 1.07 bits per heavy atom. The maximum Gasteiger partial charge on any atom is 0.226 e. The Kier molecular flexibility index (Phi) is 8.96. The number of ether oxygens (including phenoxy) is 1. The fraction of sp³-hybridized carbons (Fsp3) is 0.667. The number of benzene rings is 1. The summed E-state index contributed by atoms with van der Waals surface area (Å²) in [5, 5.41) is 52.4. The molecule has 1 aromatic carbocycles. The first kappa shape index (κ1) is 30.9. The average molecular weight is 592 g/mol. The molecular weight excluding hydrogens is 550 g/mol. The summed E-state index contributed by atoms with van der Waals surface area (Å²) in [7, 11) is 0. The second-order valence-electron chi connectivity index (χ2n) is 12.3. The molecule has 7 atom stereocenters. The number of fused-ring (bicyclic) bond motifs is 2. The van der Waals surface area contributed by atoms with Gasteiger partial charge in [-0.3, -0.25) is 9.59 Å². The maximum absolute atomic E-state index is 12.8. The summed E-state index contributed by atoms with van der Waals surface area (Å²) in [6.45, 7) is 2.86. The van der Waals surface area contributed by atoms with Crippen LogP contribution in [-0.4, -0.2) is 87.3 Å². The Labute approximate surface area is 243 Å². The highest BCUT2D eigenvalue weighted by atomic mass is 17.2. The molecule has 12 heteroatoms. The van der Waals surface area contributed by atoms with Crippen molar-refractivity contribution in [2.45, 2.75) is 94.9 Å². The molecule has 3 heterocycles. The van der Waals surface area contributed by atoms with E-state index >= 15 is 0 Å². The molecule has 1 saturated carbocycles. The van der Waals surface area contributed by atoms with Crippen molar-refractivity contribution in [2.24, 2.45) is 11.3 Å². The third kappa shape index (κ3) is 5.81. The Bertz CT molecular complexity index is 1340. The van der Waals surface area contributed by atoms with E-state index in [0.717, 1.165) is 25.7 Å². The van der Waals surface area contributed by atoms with Crippen LogP contribution >= 0.6 is 0 Å². The predicted molar refractivity (Wildman–Crippen MR) is 149 cm³/mol. The van der Waals surface area contributed by atoms with Gasteiger partial charge in [-0.05, 0) is 57.1 Å². The van der Waals surface area contributed by atoms with E-state index in [4.69, 9.17) is 24.0 Å². The van der Waals surface area contributed by atoms with Gasteiger partial charge in [-0.2, -0.15) is 0 Å². The number of carbonyl (C=O) groups is 1. The number of hydrogen-bond donors (Lipinski definition) is 6. The van der Waals surface area contributed by atoms with Gasteiger partial charge in [-0.25, -0.2) is 9.78 Å². The van der Waals surface area contributed by atoms with Crippen LogP contribution < -0.4 is 15.5 Å². The number of amides is 1. The maximum atomic E-state index is 12.8. The third-order valence-corrected chi connectivity index (χ3v) is 9.44. The lowest BCUT2D eigenvalue weighted by atomic mass is 9.72. The van der Waals surface area contributed by atoms with Gasteiger partial charge in [0.2, 0.25) is 5.91 Å². The number of nitrogens with one attached hydrogen (secondary N) is 1. The van der Waals surface area contributed by atoms with E-state index < -0.39 is 49.3 Å². The first-order chi connectivity index (χ1) is 20.0. The largest absolute Gasteiger partial charge is 0.484 e. The van der Waals surface area contributed by atoms with Crippen molar-refractivity contribution in [2.75, 3.05) is 19.8 Å². The van der Waals surface area contributed by atoms with E-state index in [1.807, 2.05) is 6.92 Å². The highest BCUT2D eigenvalue weighted by molar-refractivity contribution is 5.85. The summed E-state index contributed by atoms with van der Waals surface area (Å²) >= 11 is 0. The predicted octanol–water partition coefficient (Wildman–Crippen LogP) is 0.634. The average Bonchev–Trinajstić information content (AvgIpc) is 3.57. The van der Waals surface area contributed by atoms with Crippen molar-refractivity contribution in [3.8, 4) is 5.75 Å². The van der Waals surface area contributed by atoms with Gasteiger partial charge in [0.25, 0.3) is 0 Å². The van der Waals surface area contributed by atoms with E-state index in [1.165, 1.54) is 6.07 Å². The quantitative estimate of drug-likeness (QED) is 0.159. The monoisotopic (exact) mass is 591 g/mol. The minimum Gasteiger partial charge on any atom is -0.484 e. The Balaban J connectivity index is 1.36. The molecule has 12 nitrogen and oxygen atoms in total. The van der Waals surface area contributed by atoms with E-state index in [0.29, 0.717) is 53.8 Å². The van der Waals surface area contributed by atoms with E-state index in [2.05, 4.69) is 5.32 Å². The Morgan fingerprint density at radius 2 is 1.79 bits per heavy atom. The molecule has 0 radical (unpaired) electrons. The first-order valence-electron chi connectivity index (χ1n) is 14.6. The molecule has 2 aromatic rings. The smallest absolute Gasteiger partial charge is 0.226 e. The molecule has 42 heavy (non-hydrogen) atoms. The summed E-state index contributed by atoms with van der Waals surface area (Å²) in [6, 6.07) is 4.84. The van der Waals surface area contributed by atoms with E-state index in [1.54, 1.807) is 19.1 Å². The van der Waals surface area contributed by atoms with E-state index in [-0.39, 0.29) is 22.7 Å².